The van der Waals surface area contributed by atoms with Crippen LogP contribution in [0.2, 0.25) is 0 Å². The molecule has 5 saturated heterocycles. The van der Waals surface area contributed by atoms with Gasteiger partial charge in [-0.05, 0) is 0 Å². The van der Waals surface area contributed by atoms with Gasteiger partial charge in [-0.2, -0.15) is 0 Å². The highest BCUT2D eigenvalue weighted by molar-refractivity contribution is 4.97. The van der Waals surface area contributed by atoms with E-state index in [0.717, 1.165) is 0 Å². The van der Waals surface area contributed by atoms with Crippen LogP contribution in [0.5, 0.6) is 0 Å². The maximum absolute atomic E-state index is 9.83. The van der Waals surface area contributed by atoms with Crippen molar-refractivity contribution >= 4 is 0 Å². The zero-order valence-corrected chi connectivity index (χ0v) is 60.8. The van der Waals surface area contributed by atoms with E-state index in [9.17, 15) is 153 Å². The molecule has 0 bridgehead atoms. The van der Waals surface area contributed by atoms with Gasteiger partial charge in [0.25, 0.3) is 0 Å². The molecule has 0 aromatic carbocycles. The van der Waals surface area contributed by atoms with E-state index in [1.54, 1.807) is 0 Å². The first kappa shape index (κ1) is 111. The van der Waals surface area contributed by atoms with E-state index in [1.807, 2.05) is 0 Å². The third kappa shape index (κ3) is 31.2. The minimum Gasteiger partial charge on any atom is -0.394 e. The summed E-state index contributed by atoms with van der Waals surface area (Å²) < 4.78 is 50.7. The number of hydrogen-bond donors (Lipinski definition) is 45. The van der Waals surface area contributed by atoms with E-state index in [4.69, 9.17) is 124 Å². The van der Waals surface area contributed by atoms with Crippen molar-refractivity contribution in [3.05, 3.63) is 0 Å². The standard InChI is InChI=1S/5C12H24O11/c5*13-1-4(16)7(18)11(5(17)2-14)23-12-10(21)9(20)8(19)6(3-15)22-12/h5*4-21H,1-3H2/t3*4-,5+,6+,7+,8+,9-,10+,11+,12+;2*4-,5+,6+,7+,8-,9-,10+,11+,12-/m00000/s1. The van der Waals surface area contributed by atoms with Gasteiger partial charge in [0.1, 0.15) is 244 Å². The Bertz CT molecular complexity index is 2080. The van der Waals surface area contributed by atoms with Gasteiger partial charge >= 0.3 is 0 Å². The highest BCUT2D eigenvalue weighted by Crippen LogP contribution is 2.31. The van der Waals surface area contributed by atoms with Crippen molar-refractivity contribution in [2.45, 2.75) is 276 Å². The predicted octanol–water partition coefficient (Wildman–Crippen LogP) is -28.8. The zero-order valence-electron chi connectivity index (χ0n) is 60.8. The molecule has 5 aliphatic rings. The number of aliphatic hydroxyl groups excluding tert-OH is 45. The Morgan fingerprint density at radius 2 is 0.278 bits per heavy atom. The molecular weight excluding hydrogens is 1600 g/mol. The summed E-state index contributed by atoms with van der Waals surface area (Å²) in [5.74, 6) is 0. The van der Waals surface area contributed by atoms with Crippen molar-refractivity contribution < 1.29 is 277 Å². The Balaban J connectivity index is 0.000000719. The Morgan fingerprint density at radius 3 is 0.374 bits per heavy atom. The first-order valence-corrected chi connectivity index (χ1v) is 35.0. The van der Waals surface area contributed by atoms with Gasteiger partial charge in [-0.1, -0.05) is 0 Å². The van der Waals surface area contributed by atoms with Crippen LogP contribution in [0.4, 0.5) is 0 Å². The van der Waals surface area contributed by atoms with Crippen molar-refractivity contribution in [3.63, 3.8) is 0 Å². The highest BCUT2D eigenvalue weighted by atomic mass is 16.8. The average Bonchev–Trinajstić information content (AvgIpc) is 0.827. The van der Waals surface area contributed by atoms with Crippen LogP contribution in [-0.4, -0.2) is 605 Å². The van der Waals surface area contributed by atoms with Crippen molar-refractivity contribution in [2.24, 2.45) is 0 Å². The Hall–Kier alpha value is -2.20. The molecule has 690 valence electrons. The quantitative estimate of drug-likeness (QED) is 0.0271. The minimum atomic E-state index is -1.85. The molecule has 0 unspecified atom stereocenters. The first-order valence-electron chi connectivity index (χ1n) is 35.0. The van der Waals surface area contributed by atoms with Crippen LogP contribution in [0.25, 0.3) is 0 Å². The van der Waals surface area contributed by atoms with E-state index in [1.165, 1.54) is 0 Å². The molecule has 55 heteroatoms. The second-order valence-electron chi connectivity index (χ2n) is 26.4. The van der Waals surface area contributed by atoms with Crippen molar-refractivity contribution in [1.82, 2.24) is 0 Å². The van der Waals surface area contributed by atoms with Crippen LogP contribution in [0, 0.1) is 0 Å². The molecule has 55 nitrogen and oxygen atoms in total. The lowest BCUT2D eigenvalue weighted by atomic mass is 9.98. The summed E-state index contributed by atoms with van der Waals surface area (Å²) >= 11 is 0. The molecule has 0 aromatic heterocycles. The molecule has 5 aliphatic heterocycles. The van der Waals surface area contributed by atoms with Gasteiger partial charge in [-0.25, -0.2) is 0 Å². The molecule has 0 aromatic rings. The molecule has 5 fully saturated rings. The summed E-state index contributed by atoms with van der Waals surface area (Å²) in [7, 11) is 0. The SMILES string of the molecule is OC[C@@H](O)[C@@H](O[C@@H]1O[C@H](CO)[C@H](O)[C@H](O)[C@H]1O)[C@H](O)[C@@H](O)CO.OC[C@@H](O)[C@@H](O[C@@H]1O[C@H](CO)[C@H](O)[C@H](O)[C@H]1O)[C@H](O)[C@@H](O)CO.OC[C@@H](O)[C@@H](O[C@H]1O[C@H](CO)[C@@H](O)[C@H](O)[C@H]1O)[C@H](O)[C@@H](O)CO.OC[C@@H](O)[C@@H](O[C@H]1O[C@H](CO)[C@@H](O)[C@H](O)[C@H]1O)[C@H](O)[C@@H](O)CO.OC[C@@H](O)[C@@H](O[C@H]1O[C@H](CO)[C@@H](O)[C@H](O)[C@H]1O)[C@H](O)[C@@H](O)CO. The van der Waals surface area contributed by atoms with Gasteiger partial charge in [0, 0.05) is 0 Å². The largest absolute Gasteiger partial charge is 0.394 e. The summed E-state index contributed by atoms with van der Waals surface area (Å²) in [6, 6.07) is 0. The molecule has 5 rings (SSSR count). The number of rotatable bonds is 40. The second kappa shape index (κ2) is 55.1. The normalized spacial score (nSPS) is 37.2. The summed E-state index contributed by atoms with van der Waals surface area (Å²) in [6.45, 7) is -12.3. The maximum atomic E-state index is 9.83. The van der Waals surface area contributed by atoms with E-state index >= 15 is 0 Å². The van der Waals surface area contributed by atoms with Crippen LogP contribution in [0.3, 0.4) is 0 Å². The summed E-state index contributed by atoms with van der Waals surface area (Å²) in [5, 5.41) is 424. The molecule has 0 amide bonds. The zero-order chi connectivity index (χ0) is 88.7. The Morgan fingerprint density at radius 1 is 0.165 bits per heavy atom. The monoisotopic (exact) mass is 1720 g/mol. The van der Waals surface area contributed by atoms with Gasteiger partial charge < -0.3 is 277 Å². The van der Waals surface area contributed by atoms with E-state index in [-0.39, 0.29) is 0 Å². The highest BCUT2D eigenvalue weighted by Gasteiger charge is 2.53. The third-order valence-corrected chi connectivity index (χ3v) is 18.1. The van der Waals surface area contributed by atoms with Crippen LogP contribution in [0.1, 0.15) is 0 Å². The van der Waals surface area contributed by atoms with Crippen molar-refractivity contribution in [3.8, 4) is 0 Å². The molecule has 5 heterocycles. The van der Waals surface area contributed by atoms with Crippen LogP contribution in [-0.2, 0) is 47.4 Å². The van der Waals surface area contributed by atoms with Gasteiger partial charge in [0.05, 0.1) is 99.1 Å². The first-order chi connectivity index (χ1) is 53.9. The van der Waals surface area contributed by atoms with Gasteiger partial charge in [-0.15, -0.1) is 0 Å². The number of aliphatic hydroxyl groups is 45. The molecule has 45 N–H and O–H groups in total. The van der Waals surface area contributed by atoms with Crippen molar-refractivity contribution in [2.75, 3.05) is 99.1 Å². The molecule has 0 spiro atoms. The maximum Gasteiger partial charge on any atom is 0.187 e. The number of hydrogen-bond acceptors (Lipinski definition) is 55. The van der Waals surface area contributed by atoms with E-state index in [2.05, 4.69) is 0 Å². The lowest BCUT2D eigenvalue weighted by Crippen LogP contribution is -2.61. The molecule has 115 heavy (non-hydrogen) atoms. The fourth-order valence-electron chi connectivity index (χ4n) is 10.8. The number of ether oxygens (including phenoxy) is 10. The Labute approximate surface area is 650 Å². The van der Waals surface area contributed by atoms with Crippen LogP contribution < -0.4 is 0 Å². The van der Waals surface area contributed by atoms with Gasteiger partial charge in [-0.3, -0.25) is 0 Å². The summed E-state index contributed by atoms with van der Waals surface area (Å²) in [6.07, 6.45) is -75.4. The van der Waals surface area contributed by atoms with Crippen LogP contribution in [0.15, 0.2) is 0 Å². The van der Waals surface area contributed by atoms with E-state index in [0.29, 0.717) is 0 Å². The fourth-order valence-corrected chi connectivity index (χ4v) is 10.8. The molecule has 0 aliphatic carbocycles. The van der Waals surface area contributed by atoms with Crippen LogP contribution >= 0.6 is 0 Å². The molecule has 0 saturated carbocycles. The van der Waals surface area contributed by atoms with Crippen molar-refractivity contribution in [1.29, 1.82) is 0 Å². The lowest BCUT2D eigenvalue weighted by molar-refractivity contribution is -0.327. The van der Waals surface area contributed by atoms with Gasteiger partial charge in [0.2, 0.25) is 0 Å². The summed E-state index contributed by atoms with van der Waals surface area (Å²) in [5.41, 5.74) is 0. The average molecular weight is 1720 g/mol. The fraction of sp³-hybridized carbons (Fsp3) is 1.00. The minimum absolute atomic E-state index is 0.708. The lowest BCUT2D eigenvalue weighted by Gasteiger charge is -2.42. The molecule has 0 radical (unpaired) electrons. The molecular formula is C60H120O55. The second-order valence-corrected chi connectivity index (χ2v) is 26.4. The van der Waals surface area contributed by atoms with E-state index < -0.39 is 375 Å². The Kier molecular flexibility index (Phi) is 53.1. The third-order valence-electron chi connectivity index (χ3n) is 18.1. The smallest absolute Gasteiger partial charge is 0.187 e. The predicted molar refractivity (Wildman–Crippen MR) is 354 cm³/mol. The summed E-state index contributed by atoms with van der Waals surface area (Å²) in [4.78, 5) is 0. The molecule has 45 atom stereocenters. The van der Waals surface area contributed by atoms with Gasteiger partial charge in [0.15, 0.2) is 31.5 Å². The topological polar surface area (TPSA) is 1000 Å².